The number of aryl methyl sites for hydroxylation is 2. The van der Waals surface area contributed by atoms with Gasteiger partial charge in [-0.05, 0) is 69.1 Å². The molecule has 146 valence electrons. The molecule has 2 heterocycles. The molecule has 1 aliphatic heterocycles. The topological polar surface area (TPSA) is 37.3 Å². The number of likely N-dealkylation sites (tertiary alicyclic amines) is 1. The minimum Gasteiger partial charge on any atom is -0.340 e. The molecule has 0 radical (unpaired) electrons. The number of fused-ring (bicyclic) bond motifs is 1. The molecule has 0 bridgehead atoms. The number of anilines is 1. The molecule has 3 aromatic rings. The second-order valence-electron chi connectivity index (χ2n) is 8.12. The summed E-state index contributed by atoms with van der Waals surface area (Å²) >= 11 is 0. The highest BCUT2D eigenvalue weighted by Gasteiger charge is 2.18. The van der Waals surface area contributed by atoms with Crippen LogP contribution in [0.1, 0.15) is 47.8 Å². The highest BCUT2D eigenvalue weighted by Crippen LogP contribution is 2.23. The maximum Gasteiger partial charge on any atom is 0.272 e. The van der Waals surface area contributed by atoms with Crippen LogP contribution in [0.2, 0.25) is 0 Å². The monoisotopic (exact) mass is 375 g/mol. The van der Waals surface area contributed by atoms with Crippen molar-refractivity contribution in [3.8, 4) is 0 Å². The van der Waals surface area contributed by atoms with Crippen LogP contribution in [-0.2, 0) is 13.6 Å². The zero-order chi connectivity index (χ0) is 19.7. The number of hydrogen-bond acceptors (Lipinski definition) is 2. The van der Waals surface area contributed by atoms with Crippen LogP contribution in [0.5, 0.6) is 0 Å². The average molecular weight is 376 g/mol. The Morgan fingerprint density at radius 2 is 2.00 bits per heavy atom. The molecular formula is C24H29N3O. The Hall–Kier alpha value is -2.59. The van der Waals surface area contributed by atoms with Crippen LogP contribution in [0.3, 0.4) is 0 Å². The molecule has 28 heavy (non-hydrogen) atoms. The van der Waals surface area contributed by atoms with Gasteiger partial charge in [-0.2, -0.15) is 0 Å². The largest absolute Gasteiger partial charge is 0.340 e. The van der Waals surface area contributed by atoms with Crippen molar-refractivity contribution >= 4 is 22.5 Å². The van der Waals surface area contributed by atoms with Gasteiger partial charge in [0, 0.05) is 36.2 Å². The fourth-order valence-electron chi connectivity index (χ4n) is 4.26. The van der Waals surface area contributed by atoms with Crippen LogP contribution in [0.25, 0.3) is 10.9 Å². The number of hydrogen-bond donors (Lipinski definition) is 1. The zero-order valence-corrected chi connectivity index (χ0v) is 17.0. The normalized spacial score (nSPS) is 17.8. The SMILES string of the molecule is Cc1ccc2c(c1)cc(C(=O)Nc1cccc(CN3CCCC[C@@H]3C)c1)n2C. The molecular weight excluding hydrogens is 346 g/mol. The van der Waals surface area contributed by atoms with Crippen LogP contribution in [0.15, 0.2) is 48.5 Å². The van der Waals surface area contributed by atoms with Gasteiger partial charge >= 0.3 is 0 Å². The van der Waals surface area contributed by atoms with E-state index in [4.69, 9.17) is 0 Å². The Labute approximate surface area is 167 Å². The van der Waals surface area contributed by atoms with Crippen LogP contribution >= 0.6 is 0 Å². The van der Waals surface area contributed by atoms with Crippen molar-refractivity contribution < 1.29 is 4.79 Å². The molecule has 4 rings (SSSR count). The standard InChI is InChI=1S/C24H29N3O/c1-17-10-11-22-20(13-17)15-23(26(22)3)24(28)25-21-9-6-8-19(14-21)16-27-12-5-4-7-18(27)2/h6,8-11,13-15,18H,4-5,7,12,16H2,1-3H3,(H,25,28)/t18-/m0/s1. The summed E-state index contributed by atoms with van der Waals surface area (Å²) in [6, 6.07) is 17.1. The number of nitrogens with zero attached hydrogens (tertiary/aromatic N) is 2. The van der Waals surface area contributed by atoms with Crippen molar-refractivity contribution in [3.05, 3.63) is 65.4 Å². The van der Waals surface area contributed by atoms with Gasteiger partial charge in [0.1, 0.15) is 5.69 Å². The van der Waals surface area contributed by atoms with Gasteiger partial charge in [-0.3, -0.25) is 9.69 Å². The summed E-state index contributed by atoms with van der Waals surface area (Å²) in [4.78, 5) is 15.4. The van der Waals surface area contributed by atoms with Crippen molar-refractivity contribution in [2.75, 3.05) is 11.9 Å². The molecule has 2 aromatic carbocycles. The molecule has 1 N–H and O–H groups in total. The number of nitrogens with one attached hydrogen (secondary N) is 1. The van der Waals surface area contributed by atoms with E-state index in [1.807, 2.05) is 29.8 Å². The van der Waals surface area contributed by atoms with Crippen molar-refractivity contribution in [2.45, 2.75) is 45.7 Å². The van der Waals surface area contributed by atoms with Gasteiger partial charge in [-0.15, -0.1) is 0 Å². The average Bonchev–Trinajstić information content (AvgIpc) is 3.00. The van der Waals surface area contributed by atoms with Crippen LogP contribution < -0.4 is 5.32 Å². The minimum atomic E-state index is -0.0696. The van der Waals surface area contributed by atoms with Gasteiger partial charge in [0.25, 0.3) is 5.91 Å². The number of piperidine rings is 1. The number of carbonyl (C=O) groups excluding carboxylic acids is 1. The first-order chi connectivity index (χ1) is 13.5. The molecule has 1 aliphatic rings. The molecule has 1 saturated heterocycles. The van der Waals surface area contributed by atoms with E-state index in [2.05, 4.69) is 54.4 Å². The van der Waals surface area contributed by atoms with E-state index < -0.39 is 0 Å². The molecule has 0 spiro atoms. The molecule has 1 atom stereocenters. The van der Waals surface area contributed by atoms with Gasteiger partial charge in [-0.1, -0.05) is 30.2 Å². The molecule has 1 aromatic heterocycles. The maximum atomic E-state index is 12.9. The third-order valence-corrected chi connectivity index (χ3v) is 5.94. The van der Waals surface area contributed by atoms with Gasteiger partial charge in [0.05, 0.1) is 0 Å². The zero-order valence-electron chi connectivity index (χ0n) is 17.0. The molecule has 0 saturated carbocycles. The predicted molar refractivity (Wildman–Crippen MR) is 116 cm³/mol. The fraction of sp³-hybridized carbons (Fsp3) is 0.375. The fourth-order valence-corrected chi connectivity index (χ4v) is 4.26. The Morgan fingerprint density at radius 3 is 2.82 bits per heavy atom. The third-order valence-electron chi connectivity index (χ3n) is 5.94. The summed E-state index contributed by atoms with van der Waals surface area (Å²) in [5.74, 6) is -0.0696. The first kappa shape index (κ1) is 18.8. The lowest BCUT2D eigenvalue weighted by Crippen LogP contribution is -2.36. The van der Waals surface area contributed by atoms with Crippen LogP contribution in [0, 0.1) is 6.92 Å². The number of amides is 1. The summed E-state index contributed by atoms with van der Waals surface area (Å²) in [5.41, 5.74) is 5.05. The Balaban J connectivity index is 1.51. The lowest BCUT2D eigenvalue weighted by molar-refractivity contribution is 0.101. The first-order valence-electron chi connectivity index (χ1n) is 10.2. The number of carbonyl (C=O) groups is 1. The van der Waals surface area contributed by atoms with Crippen molar-refractivity contribution in [3.63, 3.8) is 0 Å². The number of benzene rings is 2. The number of aromatic nitrogens is 1. The molecule has 1 fully saturated rings. The van der Waals surface area contributed by atoms with Crippen LogP contribution in [-0.4, -0.2) is 28.0 Å². The summed E-state index contributed by atoms with van der Waals surface area (Å²) < 4.78 is 1.96. The molecule has 4 heteroatoms. The minimum absolute atomic E-state index is 0.0696. The van der Waals surface area contributed by atoms with Gasteiger partial charge in [0.2, 0.25) is 0 Å². The van der Waals surface area contributed by atoms with E-state index in [1.54, 1.807) is 0 Å². The molecule has 0 aliphatic carbocycles. The summed E-state index contributed by atoms with van der Waals surface area (Å²) in [5, 5.41) is 4.18. The predicted octanol–water partition coefficient (Wildman–Crippen LogP) is 5.11. The second-order valence-corrected chi connectivity index (χ2v) is 8.12. The second kappa shape index (κ2) is 7.80. The van der Waals surface area contributed by atoms with Crippen molar-refractivity contribution in [2.24, 2.45) is 7.05 Å². The van der Waals surface area contributed by atoms with E-state index in [1.165, 1.54) is 30.4 Å². The summed E-state index contributed by atoms with van der Waals surface area (Å²) in [6.07, 6.45) is 3.89. The lowest BCUT2D eigenvalue weighted by Gasteiger charge is -2.33. The Morgan fingerprint density at radius 1 is 1.14 bits per heavy atom. The molecule has 1 amide bonds. The van der Waals surface area contributed by atoms with Gasteiger partial charge in [0.15, 0.2) is 0 Å². The van der Waals surface area contributed by atoms with Gasteiger partial charge < -0.3 is 9.88 Å². The summed E-state index contributed by atoms with van der Waals surface area (Å²) in [6.45, 7) is 6.48. The summed E-state index contributed by atoms with van der Waals surface area (Å²) in [7, 11) is 1.95. The molecule has 4 nitrogen and oxygen atoms in total. The quantitative estimate of drug-likeness (QED) is 0.688. The third kappa shape index (κ3) is 3.83. The smallest absolute Gasteiger partial charge is 0.272 e. The molecule has 0 unspecified atom stereocenters. The maximum absolute atomic E-state index is 12.9. The van der Waals surface area contributed by atoms with E-state index in [-0.39, 0.29) is 5.91 Å². The van der Waals surface area contributed by atoms with Crippen molar-refractivity contribution in [1.29, 1.82) is 0 Å². The highest BCUT2D eigenvalue weighted by atomic mass is 16.1. The van der Waals surface area contributed by atoms with E-state index in [0.29, 0.717) is 11.7 Å². The van der Waals surface area contributed by atoms with Crippen LogP contribution in [0.4, 0.5) is 5.69 Å². The Bertz CT molecular complexity index is 1000. The van der Waals surface area contributed by atoms with E-state index in [0.717, 1.165) is 29.7 Å². The van der Waals surface area contributed by atoms with Gasteiger partial charge in [-0.25, -0.2) is 0 Å². The van der Waals surface area contributed by atoms with Crippen molar-refractivity contribution in [1.82, 2.24) is 9.47 Å². The number of rotatable bonds is 4. The van der Waals surface area contributed by atoms with E-state index in [9.17, 15) is 4.79 Å². The van der Waals surface area contributed by atoms with E-state index >= 15 is 0 Å². The first-order valence-corrected chi connectivity index (χ1v) is 10.2. The highest BCUT2D eigenvalue weighted by molar-refractivity contribution is 6.06. The Kier molecular flexibility index (Phi) is 5.23. The lowest BCUT2D eigenvalue weighted by atomic mass is 10.0.